The van der Waals surface area contributed by atoms with Gasteiger partial charge in [0, 0.05) is 25.4 Å². The first-order valence-electron chi connectivity index (χ1n) is 6.53. The maximum Gasteiger partial charge on any atom is 0.244 e. The summed E-state index contributed by atoms with van der Waals surface area (Å²) >= 11 is 6.06. The minimum absolute atomic E-state index is 0.0620. The Morgan fingerprint density at radius 2 is 2.20 bits per heavy atom. The third-order valence-electron chi connectivity index (χ3n) is 3.72. The molecule has 0 bridgehead atoms. The number of aryl methyl sites for hydroxylation is 1. The van der Waals surface area contributed by atoms with Gasteiger partial charge >= 0.3 is 0 Å². The minimum Gasteiger partial charge on any atom is -0.398 e. The van der Waals surface area contributed by atoms with Gasteiger partial charge < -0.3 is 10.8 Å². The van der Waals surface area contributed by atoms with Gasteiger partial charge in [-0.25, -0.2) is 8.42 Å². The summed E-state index contributed by atoms with van der Waals surface area (Å²) < 4.78 is 26.6. The summed E-state index contributed by atoms with van der Waals surface area (Å²) in [5.74, 6) is 0.205. The molecule has 0 aliphatic carbocycles. The molecule has 0 radical (unpaired) electrons. The second-order valence-electron chi connectivity index (χ2n) is 5.17. The van der Waals surface area contributed by atoms with Gasteiger partial charge in [0.05, 0.1) is 5.02 Å². The third kappa shape index (κ3) is 2.93. The number of aliphatic hydroxyl groups excluding tert-OH is 1. The fourth-order valence-electron chi connectivity index (χ4n) is 2.44. The van der Waals surface area contributed by atoms with Gasteiger partial charge in [-0.05, 0) is 43.4 Å². The van der Waals surface area contributed by atoms with Crippen molar-refractivity contribution >= 4 is 27.3 Å². The minimum atomic E-state index is -3.62. The van der Waals surface area contributed by atoms with Gasteiger partial charge in [0.2, 0.25) is 10.0 Å². The molecule has 3 N–H and O–H groups in total. The molecule has 1 aliphatic rings. The molecule has 1 fully saturated rings. The van der Waals surface area contributed by atoms with E-state index in [4.69, 9.17) is 22.4 Å². The Morgan fingerprint density at radius 1 is 1.50 bits per heavy atom. The molecule has 112 valence electrons. The van der Waals surface area contributed by atoms with Crippen LogP contribution < -0.4 is 5.73 Å². The van der Waals surface area contributed by atoms with Crippen LogP contribution in [-0.4, -0.2) is 37.5 Å². The number of nitrogens with two attached hydrogens (primary N) is 1. The van der Waals surface area contributed by atoms with Crippen LogP contribution in [0.25, 0.3) is 0 Å². The molecule has 0 saturated carbocycles. The average Bonchev–Trinajstić information content (AvgIpc) is 2.83. The van der Waals surface area contributed by atoms with Crippen molar-refractivity contribution in [1.82, 2.24) is 4.31 Å². The van der Waals surface area contributed by atoms with E-state index in [1.165, 1.54) is 10.4 Å². The van der Waals surface area contributed by atoms with Gasteiger partial charge in [-0.15, -0.1) is 0 Å². The second-order valence-corrected chi connectivity index (χ2v) is 7.48. The predicted octanol–water partition coefficient (Wildman–Crippen LogP) is 1.62. The molecule has 1 unspecified atom stereocenters. The summed E-state index contributed by atoms with van der Waals surface area (Å²) in [5, 5.41) is 9.13. The standard InChI is InChI=1S/C13H19ClN2O3S/c1-9-6-11(14)13(7-12(9)15)20(18,19)16-4-2-10(8-16)3-5-17/h6-7,10,17H,2-5,8,15H2,1H3. The van der Waals surface area contributed by atoms with Crippen molar-refractivity contribution in [3.63, 3.8) is 0 Å². The van der Waals surface area contributed by atoms with Gasteiger partial charge in [-0.3, -0.25) is 0 Å². The van der Waals surface area contributed by atoms with Crippen LogP contribution >= 0.6 is 11.6 Å². The maximum atomic E-state index is 12.6. The van der Waals surface area contributed by atoms with Crippen molar-refractivity contribution in [3.8, 4) is 0 Å². The summed E-state index contributed by atoms with van der Waals surface area (Å²) in [6, 6.07) is 3.00. The largest absolute Gasteiger partial charge is 0.398 e. The van der Waals surface area contributed by atoms with Crippen LogP contribution in [0, 0.1) is 12.8 Å². The predicted molar refractivity (Wildman–Crippen MR) is 79.2 cm³/mol. The molecule has 0 spiro atoms. The number of anilines is 1. The van der Waals surface area contributed by atoms with Gasteiger partial charge in [-0.1, -0.05) is 11.6 Å². The summed E-state index contributed by atoms with van der Waals surface area (Å²) in [4.78, 5) is 0.0620. The third-order valence-corrected chi connectivity index (χ3v) is 6.05. The number of sulfonamides is 1. The number of hydrogen-bond donors (Lipinski definition) is 2. The van der Waals surface area contributed by atoms with E-state index in [-0.39, 0.29) is 22.4 Å². The highest BCUT2D eigenvalue weighted by atomic mass is 35.5. The zero-order chi connectivity index (χ0) is 14.9. The van der Waals surface area contributed by atoms with Crippen molar-refractivity contribution in [2.45, 2.75) is 24.7 Å². The van der Waals surface area contributed by atoms with E-state index in [1.54, 1.807) is 13.0 Å². The summed E-state index contributed by atoms with van der Waals surface area (Å²) in [7, 11) is -3.62. The van der Waals surface area contributed by atoms with E-state index in [2.05, 4.69) is 0 Å². The number of aliphatic hydroxyl groups is 1. The Kier molecular flexibility index (Phi) is 4.59. The van der Waals surface area contributed by atoms with Crippen molar-refractivity contribution in [3.05, 3.63) is 22.7 Å². The summed E-state index contributed by atoms with van der Waals surface area (Å²) in [6.07, 6.45) is 1.38. The number of nitrogens with zero attached hydrogens (tertiary/aromatic N) is 1. The molecular weight excluding hydrogens is 300 g/mol. The molecule has 1 aliphatic heterocycles. The van der Waals surface area contributed by atoms with E-state index in [0.717, 1.165) is 12.0 Å². The van der Waals surface area contributed by atoms with Gasteiger partial charge in [0.1, 0.15) is 4.90 Å². The lowest BCUT2D eigenvalue weighted by Gasteiger charge is -2.18. The van der Waals surface area contributed by atoms with Crippen molar-refractivity contribution in [1.29, 1.82) is 0 Å². The zero-order valence-corrected chi connectivity index (χ0v) is 12.9. The number of rotatable bonds is 4. The van der Waals surface area contributed by atoms with E-state index >= 15 is 0 Å². The van der Waals surface area contributed by atoms with E-state index < -0.39 is 10.0 Å². The fourth-order valence-corrected chi connectivity index (χ4v) is 4.56. The first kappa shape index (κ1) is 15.6. The molecule has 0 amide bonds. The number of halogens is 1. The second kappa shape index (κ2) is 5.89. The van der Waals surface area contributed by atoms with Crippen molar-refractivity contribution in [2.24, 2.45) is 5.92 Å². The molecule has 0 aromatic heterocycles. The van der Waals surface area contributed by atoms with Crippen LogP contribution in [0.3, 0.4) is 0 Å². The molecule has 1 atom stereocenters. The Bertz CT molecular complexity index is 604. The Balaban J connectivity index is 2.30. The number of hydrogen-bond acceptors (Lipinski definition) is 4. The van der Waals surface area contributed by atoms with Crippen LogP contribution in [0.5, 0.6) is 0 Å². The van der Waals surface area contributed by atoms with Crippen molar-refractivity contribution < 1.29 is 13.5 Å². The Hall–Kier alpha value is -0.820. The summed E-state index contributed by atoms with van der Waals surface area (Å²) in [6.45, 7) is 2.74. The summed E-state index contributed by atoms with van der Waals surface area (Å²) in [5.41, 5.74) is 6.96. The smallest absolute Gasteiger partial charge is 0.244 e. The Labute approximate surface area is 124 Å². The fraction of sp³-hybridized carbons (Fsp3) is 0.538. The quantitative estimate of drug-likeness (QED) is 0.826. The van der Waals surface area contributed by atoms with Crippen molar-refractivity contribution in [2.75, 3.05) is 25.4 Å². The highest BCUT2D eigenvalue weighted by molar-refractivity contribution is 7.89. The van der Waals surface area contributed by atoms with Crippen LogP contribution in [0.15, 0.2) is 17.0 Å². The van der Waals surface area contributed by atoms with Crippen LogP contribution in [0.2, 0.25) is 5.02 Å². The molecule has 2 rings (SSSR count). The monoisotopic (exact) mass is 318 g/mol. The topological polar surface area (TPSA) is 83.6 Å². The lowest BCUT2D eigenvalue weighted by Crippen LogP contribution is -2.29. The SMILES string of the molecule is Cc1cc(Cl)c(S(=O)(=O)N2CCC(CCO)C2)cc1N. The van der Waals surface area contributed by atoms with Crippen LogP contribution in [0.4, 0.5) is 5.69 Å². The van der Waals surface area contributed by atoms with Crippen LogP contribution in [0.1, 0.15) is 18.4 Å². The molecule has 1 aromatic rings. The molecule has 1 heterocycles. The maximum absolute atomic E-state index is 12.6. The van der Waals surface area contributed by atoms with Crippen LogP contribution in [-0.2, 0) is 10.0 Å². The Morgan fingerprint density at radius 3 is 2.85 bits per heavy atom. The van der Waals surface area contributed by atoms with Gasteiger partial charge in [0.25, 0.3) is 0 Å². The normalized spacial score (nSPS) is 20.4. The molecule has 1 aromatic carbocycles. The lowest BCUT2D eigenvalue weighted by molar-refractivity contribution is 0.259. The van der Waals surface area contributed by atoms with Gasteiger partial charge in [0.15, 0.2) is 0 Å². The van der Waals surface area contributed by atoms with E-state index in [0.29, 0.717) is 25.2 Å². The van der Waals surface area contributed by atoms with Gasteiger partial charge in [-0.2, -0.15) is 4.31 Å². The molecule has 7 heteroatoms. The first-order chi connectivity index (χ1) is 9.36. The lowest BCUT2D eigenvalue weighted by atomic mass is 10.1. The highest BCUT2D eigenvalue weighted by Gasteiger charge is 2.33. The molecule has 5 nitrogen and oxygen atoms in total. The zero-order valence-electron chi connectivity index (χ0n) is 11.3. The molecule has 1 saturated heterocycles. The van der Waals surface area contributed by atoms with E-state index in [1.807, 2.05) is 0 Å². The van der Waals surface area contributed by atoms with E-state index in [9.17, 15) is 8.42 Å². The highest BCUT2D eigenvalue weighted by Crippen LogP contribution is 2.32. The molecular formula is C13H19ClN2O3S. The average molecular weight is 319 g/mol. The molecule has 20 heavy (non-hydrogen) atoms. The number of nitrogen functional groups attached to an aromatic ring is 1. The number of benzene rings is 1. The first-order valence-corrected chi connectivity index (χ1v) is 8.34.